The van der Waals surface area contributed by atoms with Crippen LogP contribution in [0.4, 0.5) is 4.79 Å². The third kappa shape index (κ3) is 10.2. The zero-order valence-corrected chi connectivity index (χ0v) is 32.1. The van der Waals surface area contributed by atoms with Gasteiger partial charge >= 0.3 is 12.1 Å². The van der Waals surface area contributed by atoms with Crippen LogP contribution in [0, 0.1) is 11.8 Å². The van der Waals surface area contributed by atoms with E-state index in [1.807, 2.05) is 12.1 Å². The number of esters is 1. The van der Waals surface area contributed by atoms with Crippen molar-refractivity contribution < 1.29 is 38.2 Å². The fraction of sp³-hybridized carbons (Fsp3) is 0.452. The first-order valence-electron chi connectivity index (χ1n) is 18.6. The summed E-state index contributed by atoms with van der Waals surface area (Å²) in [7, 11) is 2.80. The van der Waals surface area contributed by atoms with Crippen molar-refractivity contribution in [1.29, 1.82) is 0 Å². The highest BCUT2D eigenvalue weighted by molar-refractivity contribution is 5.91. The molecule has 0 heterocycles. The molecule has 12 nitrogen and oxygen atoms in total. The maximum Gasteiger partial charge on any atom is 0.410 e. The molecule has 1 unspecified atom stereocenters. The van der Waals surface area contributed by atoms with E-state index in [-0.39, 0.29) is 31.0 Å². The molecule has 5 rings (SSSR count). The van der Waals surface area contributed by atoms with Gasteiger partial charge in [0, 0.05) is 13.0 Å². The lowest BCUT2D eigenvalue weighted by Crippen LogP contribution is -2.55. The van der Waals surface area contributed by atoms with Crippen molar-refractivity contribution in [2.24, 2.45) is 11.8 Å². The highest BCUT2D eigenvalue weighted by atomic mass is 16.6. The van der Waals surface area contributed by atoms with Crippen molar-refractivity contribution >= 4 is 29.8 Å². The summed E-state index contributed by atoms with van der Waals surface area (Å²) in [5.74, 6) is -2.12. The van der Waals surface area contributed by atoms with E-state index in [1.54, 1.807) is 76.2 Å². The van der Waals surface area contributed by atoms with Crippen LogP contribution in [-0.4, -0.2) is 65.5 Å². The monoisotopic (exact) mass is 740 g/mol. The van der Waals surface area contributed by atoms with Gasteiger partial charge in [0.25, 0.3) is 5.91 Å². The predicted octanol–water partition coefficient (Wildman–Crippen LogP) is 6.28. The molecule has 12 heteroatoms. The molecule has 0 radical (unpaired) electrons. The van der Waals surface area contributed by atoms with Gasteiger partial charge in [-0.1, -0.05) is 55.0 Å². The Kier molecular flexibility index (Phi) is 13.0. The molecule has 288 valence electrons. The summed E-state index contributed by atoms with van der Waals surface area (Å²) in [5.41, 5.74) is 6.39. The largest absolute Gasteiger partial charge is 0.489 e. The van der Waals surface area contributed by atoms with Gasteiger partial charge in [0.05, 0.1) is 31.2 Å². The summed E-state index contributed by atoms with van der Waals surface area (Å²) >= 11 is 0. The van der Waals surface area contributed by atoms with E-state index in [0.29, 0.717) is 36.1 Å². The zero-order valence-electron chi connectivity index (χ0n) is 32.1. The summed E-state index contributed by atoms with van der Waals surface area (Å²) in [6, 6.07) is 21.2. The summed E-state index contributed by atoms with van der Waals surface area (Å²) in [5, 5.41) is 4.52. The Labute approximate surface area is 317 Å². The molecule has 4 atom stereocenters. The van der Waals surface area contributed by atoms with Gasteiger partial charge in [-0.15, -0.1) is 0 Å². The molecule has 4 amide bonds. The number of aryl methyl sites for hydroxylation is 1. The van der Waals surface area contributed by atoms with Crippen molar-refractivity contribution in [3.63, 3.8) is 0 Å². The van der Waals surface area contributed by atoms with Crippen molar-refractivity contribution in [1.82, 2.24) is 20.7 Å². The molecule has 0 aliphatic heterocycles. The minimum absolute atomic E-state index is 0.0174. The second-order valence-electron chi connectivity index (χ2n) is 15.1. The number of hydrogen-bond acceptors (Lipinski definition) is 8. The smallest absolute Gasteiger partial charge is 0.410 e. The minimum Gasteiger partial charge on any atom is -0.489 e. The first-order chi connectivity index (χ1) is 25.7. The van der Waals surface area contributed by atoms with Crippen LogP contribution in [0.2, 0.25) is 0 Å². The topological polar surface area (TPSA) is 144 Å². The quantitative estimate of drug-likeness (QED) is 0.173. The molecule has 54 heavy (non-hydrogen) atoms. The summed E-state index contributed by atoms with van der Waals surface area (Å²) in [4.78, 5) is 67.6. The number of likely N-dealkylation sites (N-methyl/N-ethyl adjacent to an activating group) is 1. The number of amides is 4. The number of nitrogens with one attached hydrogen (secondary N) is 2. The highest BCUT2D eigenvalue weighted by Gasteiger charge is 2.41. The van der Waals surface area contributed by atoms with Crippen molar-refractivity contribution in [3.8, 4) is 5.75 Å². The van der Waals surface area contributed by atoms with Crippen LogP contribution in [0.3, 0.4) is 0 Å². The summed E-state index contributed by atoms with van der Waals surface area (Å²) in [6.45, 7) is 7.07. The predicted molar refractivity (Wildman–Crippen MR) is 202 cm³/mol. The average molecular weight is 741 g/mol. The van der Waals surface area contributed by atoms with Gasteiger partial charge in [0.2, 0.25) is 11.8 Å². The number of hydrazine groups is 1. The van der Waals surface area contributed by atoms with E-state index < -0.39 is 41.4 Å². The average Bonchev–Trinajstić information content (AvgIpc) is 3.66. The molecule has 0 saturated heterocycles. The lowest BCUT2D eigenvalue weighted by molar-refractivity contribution is -0.149. The minimum atomic E-state index is -0.971. The zero-order chi connectivity index (χ0) is 39.0. The van der Waals surface area contributed by atoms with Crippen LogP contribution in [-0.2, 0) is 43.4 Å². The van der Waals surface area contributed by atoms with Crippen LogP contribution < -0.4 is 15.5 Å². The van der Waals surface area contributed by atoms with Crippen LogP contribution in [0.25, 0.3) is 0 Å². The summed E-state index contributed by atoms with van der Waals surface area (Å²) in [6.07, 6.45) is 3.88. The molecule has 1 saturated carbocycles. The van der Waals surface area contributed by atoms with Gasteiger partial charge < -0.3 is 19.5 Å². The first-order valence-corrected chi connectivity index (χ1v) is 18.6. The first kappa shape index (κ1) is 39.8. The molecule has 0 spiro atoms. The summed E-state index contributed by atoms with van der Waals surface area (Å²) < 4.78 is 16.2. The second-order valence-corrected chi connectivity index (χ2v) is 15.1. The van der Waals surface area contributed by atoms with Crippen molar-refractivity contribution in [2.45, 2.75) is 97.1 Å². The van der Waals surface area contributed by atoms with Crippen LogP contribution in [0.5, 0.6) is 5.75 Å². The Morgan fingerprint density at radius 3 is 2.20 bits per heavy atom. The normalized spacial score (nSPS) is 18.4. The Morgan fingerprint density at radius 2 is 1.52 bits per heavy atom. The van der Waals surface area contributed by atoms with E-state index in [4.69, 9.17) is 14.2 Å². The molecule has 2 aliphatic carbocycles. The number of rotatable bonds is 11. The maximum atomic E-state index is 14.4. The second kappa shape index (κ2) is 17.6. The molecule has 2 N–H and O–H groups in total. The van der Waals surface area contributed by atoms with Gasteiger partial charge in [-0.2, -0.15) is 0 Å². The maximum absolute atomic E-state index is 14.4. The van der Waals surface area contributed by atoms with Gasteiger partial charge in [-0.3, -0.25) is 24.7 Å². The van der Waals surface area contributed by atoms with E-state index in [9.17, 15) is 24.0 Å². The lowest BCUT2D eigenvalue weighted by Gasteiger charge is -2.32. The number of nitrogens with zero attached hydrogens (tertiary/aromatic N) is 2. The van der Waals surface area contributed by atoms with Crippen LogP contribution >= 0.6 is 0 Å². The Hall–Kier alpha value is -5.39. The fourth-order valence-corrected chi connectivity index (χ4v) is 6.91. The Balaban J connectivity index is 1.30. The number of hydrogen-bond donors (Lipinski definition) is 2. The van der Waals surface area contributed by atoms with Crippen molar-refractivity contribution in [2.75, 3.05) is 14.2 Å². The number of carbonyl (C=O) groups excluding carboxylic acids is 5. The molecule has 3 aromatic carbocycles. The molecule has 0 aromatic heterocycles. The van der Waals surface area contributed by atoms with E-state index in [0.717, 1.165) is 30.4 Å². The van der Waals surface area contributed by atoms with Crippen molar-refractivity contribution in [3.05, 3.63) is 101 Å². The molecule has 0 bridgehead atoms. The third-order valence-electron chi connectivity index (χ3n) is 10.1. The van der Waals surface area contributed by atoms with Crippen LogP contribution in [0.1, 0.15) is 98.5 Å². The van der Waals surface area contributed by atoms with Gasteiger partial charge in [0.15, 0.2) is 0 Å². The van der Waals surface area contributed by atoms with E-state index in [2.05, 4.69) is 22.9 Å². The van der Waals surface area contributed by atoms with E-state index >= 15 is 0 Å². The molecular formula is C42H52N4O8. The number of carbonyl (C=O) groups is 5. The molecular weight excluding hydrogens is 688 g/mol. The number of ether oxygens (including phenoxy) is 3. The van der Waals surface area contributed by atoms with Gasteiger partial charge in [-0.25, -0.2) is 14.6 Å². The molecule has 3 aromatic rings. The standard InChI is InChI=1S/C42H52N4O8/c1-27(45(5)41(51)54-42(2,3)4)37(47)44-46(25-28-19-23-32(24-20-28)53-26-29-17-21-31(22-18-29)40(50)52-6)39(49)35-15-10-14-34(35)38(48)43-36-16-9-12-30-11-7-8-13-33(30)36/h7-8,11,13,17-24,27,34-36H,9-10,12,14-16,25-26H2,1-6H3,(H,43,48)(H,44,47)/t27-,34+,35+,36?/m0/s1. The number of methoxy groups -OCH3 is 1. The Morgan fingerprint density at radius 1 is 0.852 bits per heavy atom. The van der Waals surface area contributed by atoms with Crippen LogP contribution in [0.15, 0.2) is 72.8 Å². The fourth-order valence-electron chi connectivity index (χ4n) is 6.91. The molecule has 2 aliphatic rings. The third-order valence-corrected chi connectivity index (χ3v) is 10.1. The van der Waals surface area contributed by atoms with E-state index in [1.165, 1.54) is 29.6 Å². The number of benzene rings is 3. The Bertz CT molecular complexity index is 1800. The van der Waals surface area contributed by atoms with Gasteiger partial charge in [-0.05, 0) is 106 Å². The van der Waals surface area contributed by atoms with Gasteiger partial charge in [0.1, 0.15) is 24.0 Å². The highest BCUT2D eigenvalue weighted by Crippen LogP contribution is 2.36. The lowest BCUT2D eigenvalue weighted by atomic mass is 9.86. The number of fused-ring (bicyclic) bond motifs is 1. The SMILES string of the molecule is COC(=O)c1ccc(COc2ccc(CN(NC(=O)[C@H](C)N(C)C(=O)OC(C)(C)C)C(=O)[C@@H]3CCC[C@H]3C(=O)NC3CCCc4ccccc43)cc2)cc1. The molecule has 1 fully saturated rings.